The number of carbonyl (C=O) groups excluding carboxylic acids is 2. The number of hydrogen-bond donors (Lipinski definition) is 0. The molecule has 0 aliphatic rings. The third-order valence-electron chi connectivity index (χ3n) is 2.64. The Morgan fingerprint density at radius 1 is 0.909 bits per heavy atom. The van der Waals surface area contributed by atoms with Gasteiger partial charge < -0.3 is 4.74 Å². The van der Waals surface area contributed by atoms with Gasteiger partial charge in [-0.3, -0.25) is 9.59 Å². The molecule has 0 atom stereocenters. The van der Waals surface area contributed by atoms with E-state index in [1.807, 2.05) is 0 Å². The predicted octanol–water partition coefficient (Wildman–Crippen LogP) is 4.41. The fourth-order valence-corrected chi connectivity index (χ4v) is 2.10. The van der Waals surface area contributed by atoms with Crippen molar-refractivity contribution in [2.24, 2.45) is 0 Å². The van der Waals surface area contributed by atoms with Crippen molar-refractivity contribution in [1.82, 2.24) is 0 Å². The van der Waals surface area contributed by atoms with E-state index >= 15 is 0 Å². The van der Waals surface area contributed by atoms with Crippen molar-refractivity contribution in [3.8, 4) is 5.75 Å². The van der Waals surface area contributed by atoms with E-state index in [2.05, 4.69) is 20.7 Å². The maximum Gasteiger partial charge on any atom is 0.573 e. The molecule has 0 saturated carbocycles. The molecule has 0 radical (unpaired) electrons. The Hall–Kier alpha value is -2.15. The van der Waals surface area contributed by atoms with Crippen LogP contribution in [-0.4, -0.2) is 17.9 Å². The minimum Gasteiger partial charge on any atom is -0.406 e. The molecule has 0 aromatic heterocycles. The van der Waals surface area contributed by atoms with Crippen LogP contribution in [0.4, 0.5) is 13.2 Å². The van der Waals surface area contributed by atoms with Gasteiger partial charge in [-0.15, -0.1) is 13.2 Å². The van der Waals surface area contributed by atoms with Crippen LogP contribution in [0.1, 0.15) is 20.7 Å². The predicted molar refractivity (Wildman–Crippen MR) is 75.9 cm³/mol. The summed E-state index contributed by atoms with van der Waals surface area (Å²) in [5.74, 6) is -2.01. The molecule has 2 rings (SSSR count). The van der Waals surface area contributed by atoms with E-state index in [0.29, 0.717) is 4.47 Å². The number of carbonyl (C=O) groups is 2. The number of halogens is 4. The van der Waals surface area contributed by atoms with Crippen molar-refractivity contribution in [1.29, 1.82) is 0 Å². The molecule has 0 fully saturated rings. The van der Waals surface area contributed by atoms with Gasteiger partial charge in [-0.25, -0.2) is 0 Å². The zero-order chi connectivity index (χ0) is 16.3. The summed E-state index contributed by atoms with van der Waals surface area (Å²) in [4.78, 5) is 24.1. The number of benzene rings is 2. The van der Waals surface area contributed by atoms with Gasteiger partial charge in [0.2, 0.25) is 11.6 Å². The van der Waals surface area contributed by atoms with Crippen molar-refractivity contribution in [2.45, 2.75) is 6.36 Å². The summed E-state index contributed by atoms with van der Waals surface area (Å²) >= 11 is 3.19. The van der Waals surface area contributed by atoms with Crippen LogP contribution in [0.2, 0.25) is 0 Å². The van der Waals surface area contributed by atoms with Gasteiger partial charge in [-0.2, -0.15) is 0 Å². The van der Waals surface area contributed by atoms with Crippen LogP contribution in [0.25, 0.3) is 0 Å². The first kappa shape index (κ1) is 16.2. The SMILES string of the molecule is O=C(C(=O)c1cccc(Br)c1)c1ccc(OC(F)(F)F)cc1. The van der Waals surface area contributed by atoms with E-state index in [9.17, 15) is 22.8 Å². The number of ketones is 2. The molecule has 0 N–H and O–H groups in total. The molecule has 2 aromatic rings. The zero-order valence-electron chi connectivity index (χ0n) is 10.9. The number of ether oxygens (including phenoxy) is 1. The van der Waals surface area contributed by atoms with Crippen LogP contribution in [0.5, 0.6) is 5.75 Å². The lowest BCUT2D eigenvalue weighted by Gasteiger charge is -2.08. The highest BCUT2D eigenvalue weighted by atomic mass is 79.9. The molecule has 0 aliphatic carbocycles. The lowest BCUT2D eigenvalue weighted by molar-refractivity contribution is -0.274. The molecule has 0 unspecified atom stereocenters. The standard InChI is InChI=1S/C15H8BrF3O3/c16-11-3-1-2-10(8-11)14(21)13(20)9-4-6-12(7-5-9)22-15(17,18)19/h1-8H. The Kier molecular flexibility index (Phi) is 4.65. The van der Waals surface area contributed by atoms with Crippen LogP contribution >= 0.6 is 15.9 Å². The van der Waals surface area contributed by atoms with Crippen LogP contribution in [0, 0.1) is 0 Å². The average Bonchev–Trinajstić information content (AvgIpc) is 2.45. The fourth-order valence-electron chi connectivity index (χ4n) is 1.70. The van der Waals surface area contributed by atoms with E-state index in [1.165, 1.54) is 12.1 Å². The molecule has 0 heterocycles. The monoisotopic (exact) mass is 372 g/mol. The Bertz CT molecular complexity index is 709. The lowest BCUT2D eigenvalue weighted by atomic mass is 10.0. The Morgan fingerprint density at radius 2 is 1.50 bits per heavy atom. The molecule has 7 heteroatoms. The Balaban J connectivity index is 2.18. The van der Waals surface area contributed by atoms with Crippen molar-refractivity contribution in [3.63, 3.8) is 0 Å². The highest BCUT2D eigenvalue weighted by Crippen LogP contribution is 2.23. The van der Waals surface area contributed by atoms with Crippen LogP contribution in [0.15, 0.2) is 53.0 Å². The van der Waals surface area contributed by atoms with Gasteiger partial charge in [-0.1, -0.05) is 28.1 Å². The first-order chi connectivity index (χ1) is 10.3. The molecule has 114 valence electrons. The topological polar surface area (TPSA) is 43.4 Å². The smallest absolute Gasteiger partial charge is 0.406 e. The van der Waals surface area contributed by atoms with Crippen LogP contribution in [-0.2, 0) is 0 Å². The molecule has 0 bridgehead atoms. The van der Waals surface area contributed by atoms with E-state index in [0.717, 1.165) is 24.3 Å². The summed E-state index contributed by atoms with van der Waals surface area (Å²) in [6, 6.07) is 10.4. The molecule has 0 saturated heterocycles. The van der Waals surface area contributed by atoms with Crippen molar-refractivity contribution < 1.29 is 27.5 Å². The number of alkyl halides is 3. The summed E-state index contributed by atoms with van der Waals surface area (Å²) in [5, 5.41) is 0. The van der Waals surface area contributed by atoms with Gasteiger partial charge in [0, 0.05) is 15.6 Å². The molecule has 2 aromatic carbocycles. The Labute approximate surface area is 131 Å². The summed E-state index contributed by atoms with van der Waals surface area (Å²) in [5.41, 5.74) is 0.175. The van der Waals surface area contributed by atoms with Crippen LogP contribution in [0.3, 0.4) is 0 Å². The van der Waals surface area contributed by atoms with Gasteiger partial charge in [0.25, 0.3) is 0 Å². The molecule has 0 aliphatic heterocycles. The maximum absolute atomic E-state index is 12.0. The van der Waals surface area contributed by atoms with Gasteiger partial charge >= 0.3 is 6.36 Å². The van der Waals surface area contributed by atoms with Crippen LogP contribution < -0.4 is 4.74 Å². The number of Topliss-reactive ketones (excluding diaryl/α,β-unsaturated/α-hetero) is 2. The summed E-state index contributed by atoms with van der Waals surface area (Å²) in [6.45, 7) is 0. The molecular weight excluding hydrogens is 365 g/mol. The number of hydrogen-bond acceptors (Lipinski definition) is 3. The van der Waals surface area contributed by atoms with Gasteiger partial charge in [0.1, 0.15) is 5.75 Å². The zero-order valence-corrected chi connectivity index (χ0v) is 12.4. The molecule has 0 amide bonds. The lowest BCUT2D eigenvalue weighted by Crippen LogP contribution is -2.17. The summed E-state index contributed by atoms with van der Waals surface area (Å²) < 4.78 is 40.5. The highest BCUT2D eigenvalue weighted by Gasteiger charge is 2.31. The molecule has 0 spiro atoms. The third kappa shape index (κ3) is 4.17. The van der Waals surface area contributed by atoms with Crippen molar-refractivity contribution in [2.75, 3.05) is 0 Å². The minimum absolute atomic E-state index is 0.0144. The average molecular weight is 373 g/mol. The second-order valence-corrected chi connectivity index (χ2v) is 5.16. The Morgan fingerprint density at radius 3 is 2.05 bits per heavy atom. The quantitative estimate of drug-likeness (QED) is 0.589. The first-order valence-corrected chi connectivity index (χ1v) is 6.76. The van der Waals surface area contributed by atoms with Gasteiger partial charge in [-0.05, 0) is 36.4 Å². The first-order valence-electron chi connectivity index (χ1n) is 5.97. The van der Waals surface area contributed by atoms with E-state index < -0.39 is 23.7 Å². The van der Waals surface area contributed by atoms with E-state index in [-0.39, 0.29) is 11.1 Å². The van der Waals surface area contributed by atoms with E-state index in [1.54, 1.807) is 12.1 Å². The fraction of sp³-hybridized carbons (Fsp3) is 0.0667. The molecular formula is C15H8BrF3O3. The van der Waals surface area contributed by atoms with Crippen molar-refractivity contribution >= 4 is 27.5 Å². The minimum atomic E-state index is -4.81. The van der Waals surface area contributed by atoms with Crippen molar-refractivity contribution in [3.05, 3.63) is 64.1 Å². The summed E-state index contributed by atoms with van der Waals surface area (Å²) in [7, 11) is 0. The highest BCUT2D eigenvalue weighted by molar-refractivity contribution is 9.10. The third-order valence-corrected chi connectivity index (χ3v) is 3.14. The maximum atomic E-state index is 12.0. The van der Waals surface area contributed by atoms with Gasteiger partial charge in [0.15, 0.2) is 0 Å². The molecule has 22 heavy (non-hydrogen) atoms. The van der Waals surface area contributed by atoms with E-state index in [4.69, 9.17) is 0 Å². The molecule has 3 nitrogen and oxygen atoms in total. The van der Waals surface area contributed by atoms with Gasteiger partial charge in [0.05, 0.1) is 0 Å². The second kappa shape index (κ2) is 6.31. The second-order valence-electron chi connectivity index (χ2n) is 4.24. The number of rotatable bonds is 4. The summed E-state index contributed by atoms with van der Waals surface area (Å²) in [6.07, 6.45) is -4.81. The normalized spacial score (nSPS) is 11.1. The largest absolute Gasteiger partial charge is 0.573 e.